The maximum absolute atomic E-state index is 12.1. The van der Waals surface area contributed by atoms with Crippen LogP contribution in [0.15, 0.2) is 4.52 Å². The highest BCUT2D eigenvalue weighted by molar-refractivity contribution is 5.85. The van der Waals surface area contributed by atoms with Gasteiger partial charge in [-0.05, 0) is 25.7 Å². The fourth-order valence-corrected chi connectivity index (χ4v) is 2.32. The van der Waals surface area contributed by atoms with Crippen molar-refractivity contribution in [2.75, 3.05) is 13.1 Å². The van der Waals surface area contributed by atoms with Crippen molar-refractivity contribution in [3.05, 3.63) is 11.7 Å². The highest BCUT2D eigenvalue weighted by Crippen LogP contribution is 2.27. The van der Waals surface area contributed by atoms with Gasteiger partial charge >= 0.3 is 0 Å². The highest BCUT2D eigenvalue weighted by atomic mass is 35.5. The SMILES string of the molecule is Cc1noc(C2CCN(C(=O)[C@@H](N)C(C)C)CC2)n1.Cl. The van der Waals surface area contributed by atoms with Crippen LogP contribution in [0.3, 0.4) is 0 Å². The molecular weight excluding hydrogens is 280 g/mol. The molecule has 2 rings (SSSR count). The zero-order chi connectivity index (χ0) is 14.0. The molecule has 0 aliphatic carbocycles. The minimum atomic E-state index is -0.401. The predicted octanol–water partition coefficient (Wildman–Crippen LogP) is 1.49. The van der Waals surface area contributed by atoms with E-state index >= 15 is 0 Å². The second-order valence-electron chi connectivity index (χ2n) is 5.55. The van der Waals surface area contributed by atoms with Crippen LogP contribution in [0, 0.1) is 12.8 Å². The van der Waals surface area contributed by atoms with Crippen LogP contribution < -0.4 is 5.73 Å². The summed E-state index contributed by atoms with van der Waals surface area (Å²) < 4.78 is 5.20. The summed E-state index contributed by atoms with van der Waals surface area (Å²) in [6.07, 6.45) is 1.72. The van der Waals surface area contributed by atoms with Gasteiger partial charge in [0.2, 0.25) is 11.8 Å². The number of likely N-dealkylation sites (tertiary alicyclic amines) is 1. The standard InChI is InChI=1S/C13H22N4O2.ClH/c1-8(2)11(14)13(18)17-6-4-10(5-7-17)12-15-9(3)16-19-12;/h8,10-11H,4-7,14H2,1-3H3;1H/t11-;/m0./s1. The first-order chi connectivity index (χ1) is 8.99. The van der Waals surface area contributed by atoms with Crippen molar-refractivity contribution in [2.45, 2.75) is 45.6 Å². The molecule has 1 aromatic rings. The molecule has 1 fully saturated rings. The summed E-state index contributed by atoms with van der Waals surface area (Å²) in [7, 11) is 0. The topological polar surface area (TPSA) is 85.2 Å². The van der Waals surface area contributed by atoms with Crippen LogP contribution in [-0.2, 0) is 4.79 Å². The Morgan fingerprint density at radius 2 is 2.00 bits per heavy atom. The van der Waals surface area contributed by atoms with E-state index in [1.54, 1.807) is 0 Å². The molecule has 1 saturated heterocycles. The first-order valence-electron chi connectivity index (χ1n) is 6.83. The fourth-order valence-electron chi connectivity index (χ4n) is 2.32. The molecular formula is C13H23ClN4O2. The minimum Gasteiger partial charge on any atom is -0.341 e. The molecule has 2 N–H and O–H groups in total. The van der Waals surface area contributed by atoms with Gasteiger partial charge in [0.25, 0.3) is 0 Å². The van der Waals surface area contributed by atoms with Crippen molar-refractivity contribution >= 4 is 18.3 Å². The molecule has 1 aliphatic rings. The molecule has 6 nitrogen and oxygen atoms in total. The lowest BCUT2D eigenvalue weighted by Crippen LogP contribution is -2.49. The molecule has 1 aromatic heterocycles. The molecule has 1 atom stereocenters. The van der Waals surface area contributed by atoms with Crippen LogP contribution in [0.1, 0.15) is 44.3 Å². The zero-order valence-electron chi connectivity index (χ0n) is 12.2. The van der Waals surface area contributed by atoms with E-state index in [2.05, 4.69) is 10.1 Å². The first-order valence-corrected chi connectivity index (χ1v) is 6.83. The summed E-state index contributed by atoms with van der Waals surface area (Å²) in [6, 6.07) is -0.401. The van der Waals surface area contributed by atoms with E-state index in [9.17, 15) is 4.79 Å². The van der Waals surface area contributed by atoms with Gasteiger partial charge in [-0.3, -0.25) is 4.79 Å². The molecule has 2 heterocycles. The number of hydrogen-bond acceptors (Lipinski definition) is 5. The monoisotopic (exact) mass is 302 g/mol. The van der Waals surface area contributed by atoms with Gasteiger partial charge in [-0.1, -0.05) is 19.0 Å². The number of carbonyl (C=O) groups is 1. The van der Waals surface area contributed by atoms with E-state index < -0.39 is 6.04 Å². The summed E-state index contributed by atoms with van der Waals surface area (Å²) in [4.78, 5) is 18.2. The fraction of sp³-hybridized carbons (Fsp3) is 0.769. The summed E-state index contributed by atoms with van der Waals surface area (Å²) in [5.74, 6) is 1.84. The Morgan fingerprint density at radius 1 is 1.40 bits per heavy atom. The van der Waals surface area contributed by atoms with Gasteiger partial charge in [0.15, 0.2) is 5.82 Å². The van der Waals surface area contributed by atoms with E-state index in [4.69, 9.17) is 10.3 Å². The van der Waals surface area contributed by atoms with Crippen molar-refractivity contribution in [1.29, 1.82) is 0 Å². The van der Waals surface area contributed by atoms with Gasteiger partial charge < -0.3 is 15.2 Å². The Bertz CT molecular complexity index is 441. The number of rotatable bonds is 3. The van der Waals surface area contributed by atoms with E-state index in [1.165, 1.54) is 0 Å². The van der Waals surface area contributed by atoms with Crippen LogP contribution >= 0.6 is 12.4 Å². The second-order valence-corrected chi connectivity index (χ2v) is 5.55. The number of hydrogen-bond donors (Lipinski definition) is 1. The number of aryl methyl sites for hydroxylation is 1. The number of nitrogens with two attached hydrogens (primary N) is 1. The first kappa shape index (κ1) is 16.9. The molecule has 0 aromatic carbocycles. The molecule has 0 bridgehead atoms. The van der Waals surface area contributed by atoms with Crippen molar-refractivity contribution < 1.29 is 9.32 Å². The normalized spacial score (nSPS) is 17.9. The number of halogens is 1. The van der Waals surface area contributed by atoms with Crippen LogP contribution in [0.4, 0.5) is 0 Å². The zero-order valence-corrected chi connectivity index (χ0v) is 13.0. The smallest absolute Gasteiger partial charge is 0.239 e. The van der Waals surface area contributed by atoms with Crippen molar-refractivity contribution in [1.82, 2.24) is 15.0 Å². The van der Waals surface area contributed by atoms with Gasteiger partial charge in [-0.2, -0.15) is 4.98 Å². The Kier molecular flexibility index (Phi) is 5.95. The third-order valence-corrected chi connectivity index (χ3v) is 3.70. The molecule has 114 valence electrons. The van der Waals surface area contributed by atoms with E-state index in [1.807, 2.05) is 25.7 Å². The minimum absolute atomic E-state index is 0. The van der Waals surface area contributed by atoms with E-state index in [-0.39, 0.29) is 30.2 Å². The van der Waals surface area contributed by atoms with E-state index in [0.717, 1.165) is 12.8 Å². The van der Waals surface area contributed by atoms with Gasteiger partial charge in [-0.15, -0.1) is 12.4 Å². The molecule has 0 unspecified atom stereocenters. The lowest BCUT2D eigenvalue weighted by atomic mass is 9.95. The van der Waals surface area contributed by atoms with Crippen LogP contribution in [0.2, 0.25) is 0 Å². The lowest BCUT2D eigenvalue weighted by Gasteiger charge is -2.33. The summed E-state index contributed by atoms with van der Waals surface area (Å²) in [6.45, 7) is 7.18. The molecule has 0 radical (unpaired) electrons. The molecule has 20 heavy (non-hydrogen) atoms. The molecule has 1 aliphatic heterocycles. The number of amides is 1. The number of nitrogens with zero attached hydrogens (tertiary/aromatic N) is 3. The lowest BCUT2D eigenvalue weighted by molar-refractivity contribution is -0.134. The van der Waals surface area contributed by atoms with Gasteiger partial charge in [-0.25, -0.2) is 0 Å². The predicted molar refractivity (Wildman–Crippen MR) is 77.7 cm³/mol. The van der Waals surface area contributed by atoms with Crippen LogP contribution in [0.5, 0.6) is 0 Å². The largest absolute Gasteiger partial charge is 0.341 e. The van der Waals surface area contributed by atoms with Crippen molar-refractivity contribution in [2.24, 2.45) is 11.7 Å². The Balaban J connectivity index is 0.00000200. The Hall–Kier alpha value is -1.14. The highest BCUT2D eigenvalue weighted by Gasteiger charge is 2.30. The summed E-state index contributed by atoms with van der Waals surface area (Å²) in [5, 5.41) is 3.81. The molecule has 1 amide bonds. The van der Waals surface area contributed by atoms with Crippen LogP contribution in [0.25, 0.3) is 0 Å². The second kappa shape index (κ2) is 7.04. The third-order valence-electron chi connectivity index (χ3n) is 3.70. The van der Waals surface area contributed by atoms with Crippen molar-refractivity contribution in [3.63, 3.8) is 0 Å². The average molecular weight is 303 g/mol. The van der Waals surface area contributed by atoms with Gasteiger partial charge in [0.05, 0.1) is 6.04 Å². The number of carbonyl (C=O) groups excluding carboxylic acids is 1. The maximum atomic E-state index is 12.1. The molecule has 0 saturated carbocycles. The average Bonchev–Trinajstić information content (AvgIpc) is 2.84. The molecule has 0 spiro atoms. The Morgan fingerprint density at radius 3 is 2.45 bits per heavy atom. The van der Waals surface area contributed by atoms with Crippen molar-refractivity contribution in [3.8, 4) is 0 Å². The van der Waals surface area contributed by atoms with Gasteiger partial charge in [0, 0.05) is 19.0 Å². The molecule has 7 heteroatoms. The quantitative estimate of drug-likeness (QED) is 0.914. The Labute approximate surface area is 125 Å². The summed E-state index contributed by atoms with van der Waals surface area (Å²) in [5.41, 5.74) is 5.91. The number of piperidine rings is 1. The maximum Gasteiger partial charge on any atom is 0.239 e. The van der Waals surface area contributed by atoms with Gasteiger partial charge in [0.1, 0.15) is 0 Å². The van der Waals surface area contributed by atoms with Crippen LogP contribution in [-0.4, -0.2) is 40.1 Å². The third kappa shape index (κ3) is 3.70. The van der Waals surface area contributed by atoms with E-state index in [0.29, 0.717) is 24.8 Å². The summed E-state index contributed by atoms with van der Waals surface area (Å²) >= 11 is 0. The number of aromatic nitrogens is 2.